The highest BCUT2D eigenvalue weighted by Gasteiger charge is 2.26. The van der Waals surface area contributed by atoms with Gasteiger partial charge < -0.3 is 29.1 Å². The van der Waals surface area contributed by atoms with Crippen molar-refractivity contribution >= 4 is 22.2 Å². The second-order valence-corrected chi connectivity index (χ2v) is 6.95. The van der Waals surface area contributed by atoms with Gasteiger partial charge in [-0.15, -0.1) is 0 Å². The number of allylic oxidation sites excluding steroid dienone is 1. The van der Waals surface area contributed by atoms with Crippen molar-refractivity contribution in [3.8, 4) is 23.0 Å². The van der Waals surface area contributed by atoms with Crippen LogP contribution in [0.5, 0.6) is 23.0 Å². The predicted molar refractivity (Wildman–Crippen MR) is 113 cm³/mol. The van der Waals surface area contributed by atoms with E-state index in [1.165, 1.54) is 5.57 Å². The summed E-state index contributed by atoms with van der Waals surface area (Å²) in [6.45, 7) is 0. The third-order valence-electron chi connectivity index (χ3n) is 5.43. The summed E-state index contributed by atoms with van der Waals surface area (Å²) < 4.78 is 28.1. The molecule has 1 heterocycles. The Hall–Kier alpha value is -3.28. The SMILES string of the molecule is COc1ccc2c(N)c(C(=C3CCC3)c3cc(OC)c(OC)c(OC)c3)oc2c1. The summed E-state index contributed by atoms with van der Waals surface area (Å²) in [6, 6.07) is 9.54. The molecule has 0 saturated heterocycles. The molecule has 29 heavy (non-hydrogen) atoms. The van der Waals surface area contributed by atoms with Crippen LogP contribution in [0.4, 0.5) is 5.69 Å². The molecule has 2 N–H and O–H groups in total. The molecule has 3 aromatic rings. The number of hydrogen-bond acceptors (Lipinski definition) is 6. The van der Waals surface area contributed by atoms with Gasteiger partial charge in [-0.1, -0.05) is 5.57 Å². The van der Waals surface area contributed by atoms with Crippen LogP contribution < -0.4 is 24.7 Å². The highest BCUT2D eigenvalue weighted by atomic mass is 16.5. The van der Waals surface area contributed by atoms with Crippen LogP contribution in [0.3, 0.4) is 0 Å². The smallest absolute Gasteiger partial charge is 0.203 e. The van der Waals surface area contributed by atoms with E-state index in [1.807, 2.05) is 30.3 Å². The molecule has 0 radical (unpaired) electrons. The van der Waals surface area contributed by atoms with E-state index in [2.05, 4.69) is 0 Å². The molecule has 0 unspecified atom stereocenters. The summed E-state index contributed by atoms with van der Waals surface area (Å²) in [4.78, 5) is 0. The van der Waals surface area contributed by atoms with Gasteiger partial charge in [0.2, 0.25) is 5.75 Å². The zero-order valence-electron chi connectivity index (χ0n) is 17.1. The molecule has 6 heteroatoms. The lowest BCUT2D eigenvalue weighted by atomic mass is 9.83. The third kappa shape index (κ3) is 3.14. The van der Waals surface area contributed by atoms with E-state index in [4.69, 9.17) is 29.1 Å². The van der Waals surface area contributed by atoms with Crippen molar-refractivity contribution in [2.75, 3.05) is 34.2 Å². The van der Waals surface area contributed by atoms with E-state index in [0.717, 1.165) is 41.5 Å². The number of anilines is 1. The molecular formula is C23H25NO5. The van der Waals surface area contributed by atoms with Gasteiger partial charge in [0.1, 0.15) is 11.3 Å². The number of hydrogen-bond donors (Lipinski definition) is 1. The van der Waals surface area contributed by atoms with Gasteiger partial charge in [-0.25, -0.2) is 0 Å². The molecule has 1 aliphatic rings. The van der Waals surface area contributed by atoms with Crippen LogP contribution >= 0.6 is 0 Å². The van der Waals surface area contributed by atoms with Crippen molar-refractivity contribution < 1.29 is 23.4 Å². The van der Waals surface area contributed by atoms with Crippen LogP contribution in [0.25, 0.3) is 16.5 Å². The number of rotatable bonds is 6. The number of nitrogens with two attached hydrogens (primary N) is 1. The third-order valence-corrected chi connectivity index (χ3v) is 5.43. The van der Waals surface area contributed by atoms with Gasteiger partial charge in [-0.3, -0.25) is 0 Å². The molecule has 0 spiro atoms. The second kappa shape index (κ2) is 7.62. The first-order valence-corrected chi connectivity index (χ1v) is 9.50. The Bertz CT molecular complexity index is 1070. The molecule has 1 aromatic heterocycles. The van der Waals surface area contributed by atoms with Crippen LogP contribution in [0, 0.1) is 0 Å². The van der Waals surface area contributed by atoms with E-state index in [-0.39, 0.29) is 0 Å². The average molecular weight is 395 g/mol. The summed E-state index contributed by atoms with van der Waals surface area (Å²) in [5, 5.41) is 0.866. The maximum absolute atomic E-state index is 6.53. The highest BCUT2D eigenvalue weighted by molar-refractivity contribution is 5.99. The van der Waals surface area contributed by atoms with Crippen LogP contribution in [0.2, 0.25) is 0 Å². The summed E-state index contributed by atoms with van der Waals surface area (Å²) in [6.07, 6.45) is 3.16. The van der Waals surface area contributed by atoms with Crippen molar-refractivity contribution in [2.24, 2.45) is 0 Å². The fraction of sp³-hybridized carbons (Fsp3) is 0.304. The normalized spacial score (nSPS) is 13.2. The molecule has 0 aliphatic heterocycles. The number of fused-ring (bicyclic) bond motifs is 1. The number of methoxy groups -OCH3 is 4. The largest absolute Gasteiger partial charge is 0.497 e. The van der Waals surface area contributed by atoms with Gasteiger partial charge in [0.15, 0.2) is 17.3 Å². The zero-order chi connectivity index (χ0) is 20.5. The second-order valence-electron chi connectivity index (χ2n) is 6.95. The monoisotopic (exact) mass is 395 g/mol. The van der Waals surface area contributed by atoms with E-state index in [0.29, 0.717) is 34.3 Å². The number of benzene rings is 2. The minimum Gasteiger partial charge on any atom is -0.497 e. The summed E-state index contributed by atoms with van der Waals surface area (Å²) >= 11 is 0. The Kier molecular flexibility index (Phi) is 5.01. The average Bonchev–Trinajstić information content (AvgIpc) is 3.04. The van der Waals surface area contributed by atoms with E-state index < -0.39 is 0 Å². The lowest BCUT2D eigenvalue weighted by Gasteiger charge is -2.23. The van der Waals surface area contributed by atoms with Crippen molar-refractivity contribution in [3.63, 3.8) is 0 Å². The molecule has 4 rings (SSSR count). The minimum atomic E-state index is 0.555. The molecule has 0 atom stereocenters. The first-order chi connectivity index (χ1) is 14.1. The van der Waals surface area contributed by atoms with Crippen LogP contribution in [-0.4, -0.2) is 28.4 Å². The van der Waals surface area contributed by atoms with E-state index >= 15 is 0 Å². The number of furan rings is 1. The van der Waals surface area contributed by atoms with Crippen molar-refractivity contribution in [2.45, 2.75) is 19.3 Å². The van der Waals surface area contributed by atoms with E-state index in [9.17, 15) is 0 Å². The Labute approximate surface area is 169 Å². The van der Waals surface area contributed by atoms with Crippen molar-refractivity contribution in [1.82, 2.24) is 0 Å². The first-order valence-electron chi connectivity index (χ1n) is 9.50. The number of ether oxygens (including phenoxy) is 4. The van der Waals surface area contributed by atoms with Crippen LogP contribution in [0.15, 0.2) is 40.3 Å². The van der Waals surface area contributed by atoms with E-state index in [1.54, 1.807) is 28.4 Å². The lowest BCUT2D eigenvalue weighted by molar-refractivity contribution is 0.324. The summed E-state index contributed by atoms with van der Waals surface area (Å²) in [5.74, 6) is 3.13. The summed E-state index contributed by atoms with van der Waals surface area (Å²) in [7, 11) is 6.44. The predicted octanol–water partition coefficient (Wildman–Crippen LogP) is 5.04. The van der Waals surface area contributed by atoms with Crippen molar-refractivity contribution in [1.29, 1.82) is 0 Å². The molecule has 2 aromatic carbocycles. The summed E-state index contributed by atoms with van der Waals surface area (Å²) in [5.41, 5.74) is 11.1. The Morgan fingerprint density at radius 3 is 2.10 bits per heavy atom. The quantitative estimate of drug-likeness (QED) is 0.630. The molecule has 1 aliphatic carbocycles. The number of nitrogen functional groups attached to an aromatic ring is 1. The Morgan fingerprint density at radius 2 is 1.59 bits per heavy atom. The topological polar surface area (TPSA) is 76.1 Å². The molecule has 6 nitrogen and oxygen atoms in total. The Morgan fingerprint density at radius 1 is 0.897 bits per heavy atom. The molecule has 0 bridgehead atoms. The minimum absolute atomic E-state index is 0.555. The molecular weight excluding hydrogens is 370 g/mol. The maximum atomic E-state index is 6.53. The molecule has 0 amide bonds. The van der Waals surface area contributed by atoms with Gasteiger partial charge in [0.25, 0.3) is 0 Å². The van der Waals surface area contributed by atoms with Gasteiger partial charge in [-0.05, 0) is 49.1 Å². The molecule has 1 fully saturated rings. The van der Waals surface area contributed by atoms with Crippen LogP contribution in [-0.2, 0) is 0 Å². The molecule has 152 valence electrons. The fourth-order valence-corrected chi connectivity index (χ4v) is 3.73. The lowest BCUT2D eigenvalue weighted by Crippen LogP contribution is -2.05. The van der Waals surface area contributed by atoms with Gasteiger partial charge in [0, 0.05) is 17.0 Å². The van der Waals surface area contributed by atoms with Gasteiger partial charge >= 0.3 is 0 Å². The highest BCUT2D eigenvalue weighted by Crippen LogP contribution is 2.47. The Balaban J connectivity index is 1.94. The standard InChI is InChI=1S/C23H25NO5/c1-25-15-8-9-16-17(12-15)29-23(21(16)24)20(13-6-5-7-13)14-10-18(26-2)22(28-4)19(11-14)27-3/h8-12H,5-7,24H2,1-4H3. The fourth-order valence-electron chi connectivity index (χ4n) is 3.73. The van der Waals surface area contributed by atoms with Gasteiger partial charge in [-0.2, -0.15) is 0 Å². The van der Waals surface area contributed by atoms with Crippen molar-refractivity contribution in [3.05, 3.63) is 47.2 Å². The van der Waals surface area contributed by atoms with Gasteiger partial charge in [0.05, 0.1) is 34.1 Å². The first kappa shape index (κ1) is 19.1. The zero-order valence-corrected chi connectivity index (χ0v) is 17.1. The molecule has 1 saturated carbocycles. The maximum Gasteiger partial charge on any atom is 0.203 e. The van der Waals surface area contributed by atoms with Crippen LogP contribution in [0.1, 0.15) is 30.6 Å².